The molecular formula is C12H16FN3O2. The fraction of sp³-hybridized carbons (Fsp3) is 0.500. The monoisotopic (exact) mass is 253 g/mol. The Kier molecular flexibility index (Phi) is 3.21. The predicted molar refractivity (Wildman–Crippen MR) is 67.3 cm³/mol. The van der Waals surface area contributed by atoms with E-state index in [0.717, 1.165) is 12.6 Å². The molecule has 0 radical (unpaired) electrons. The van der Waals surface area contributed by atoms with Crippen LogP contribution in [0.1, 0.15) is 13.8 Å². The molecule has 1 aromatic rings. The van der Waals surface area contributed by atoms with E-state index in [1.165, 1.54) is 6.07 Å². The van der Waals surface area contributed by atoms with Crippen LogP contribution < -0.4 is 10.2 Å². The van der Waals surface area contributed by atoms with Crippen molar-refractivity contribution in [2.45, 2.75) is 19.4 Å². The van der Waals surface area contributed by atoms with Crippen LogP contribution in [0.25, 0.3) is 0 Å². The lowest BCUT2D eigenvalue weighted by molar-refractivity contribution is -0.386. The van der Waals surface area contributed by atoms with Gasteiger partial charge in [0.05, 0.1) is 4.92 Å². The van der Waals surface area contributed by atoms with Crippen molar-refractivity contribution in [3.05, 3.63) is 34.1 Å². The van der Waals surface area contributed by atoms with Gasteiger partial charge in [-0.25, -0.2) is 0 Å². The van der Waals surface area contributed by atoms with Crippen LogP contribution >= 0.6 is 0 Å². The maximum absolute atomic E-state index is 13.6. The predicted octanol–water partition coefficient (Wildman–Crippen LogP) is 1.92. The van der Waals surface area contributed by atoms with E-state index in [0.29, 0.717) is 18.8 Å². The summed E-state index contributed by atoms with van der Waals surface area (Å²) in [4.78, 5) is 12.3. The number of nitrogens with zero attached hydrogens (tertiary/aromatic N) is 2. The molecule has 5 nitrogen and oxygen atoms in total. The highest BCUT2D eigenvalue weighted by Crippen LogP contribution is 2.35. The van der Waals surface area contributed by atoms with Crippen molar-refractivity contribution < 1.29 is 9.31 Å². The van der Waals surface area contributed by atoms with E-state index in [2.05, 4.69) is 5.32 Å². The first-order valence-corrected chi connectivity index (χ1v) is 5.85. The average molecular weight is 253 g/mol. The Morgan fingerprint density at radius 1 is 1.50 bits per heavy atom. The van der Waals surface area contributed by atoms with Crippen molar-refractivity contribution in [2.75, 3.05) is 24.5 Å². The Morgan fingerprint density at radius 3 is 2.83 bits per heavy atom. The van der Waals surface area contributed by atoms with Gasteiger partial charge in [-0.15, -0.1) is 0 Å². The van der Waals surface area contributed by atoms with E-state index in [-0.39, 0.29) is 5.54 Å². The van der Waals surface area contributed by atoms with Gasteiger partial charge in [0.15, 0.2) is 0 Å². The van der Waals surface area contributed by atoms with Crippen LogP contribution in [0.2, 0.25) is 0 Å². The highest BCUT2D eigenvalue weighted by Gasteiger charge is 2.34. The number of para-hydroxylation sites is 1. The highest BCUT2D eigenvalue weighted by molar-refractivity contribution is 5.65. The van der Waals surface area contributed by atoms with Crippen molar-refractivity contribution in [2.24, 2.45) is 0 Å². The lowest BCUT2D eigenvalue weighted by Crippen LogP contribution is -2.58. The Hall–Kier alpha value is -1.69. The fourth-order valence-corrected chi connectivity index (χ4v) is 2.33. The van der Waals surface area contributed by atoms with Gasteiger partial charge >= 0.3 is 5.69 Å². The van der Waals surface area contributed by atoms with Crippen molar-refractivity contribution in [1.29, 1.82) is 0 Å². The largest absolute Gasteiger partial charge is 0.358 e. The second kappa shape index (κ2) is 4.53. The maximum Gasteiger partial charge on any atom is 0.327 e. The standard InChI is InChI=1S/C12H16FN3O2/c1-12(2)8-14-6-7-15(12)10-5-3-4-9(13)11(10)16(17)18/h3-5,14H,6-8H2,1-2H3. The molecule has 1 aromatic carbocycles. The molecule has 98 valence electrons. The van der Waals surface area contributed by atoms with Crippen molar-refractivity contribution >= 4 is 11.4 Å². The number of benzene rings is 1. The quantitative estimate of drug-likeness (QED) is 0.646. The average Bonchev–Trinajstić information content (AvgIpc) is 2.27. The summed E-state index contributed by atoms with van der Waals surface area (Å²) in [7, 11) is 0. The van der Waals surface area contributed by atoms with E-state index >= 15 is 0 Å². The van der Waals surface area contributed by atoms with Gasteiger partial charge in [-0.05, 0) is 26.0 Å². The van der Waals surface area contributed by atoms with Crippen molar-refractivity contribution in [3.63, 3.8) is 0 Å². The fourth-order valence-electron chi connectivity index (χ4n) is 2.33. The van der Waals surface area contributed by atoms with Crippen LogP contribution in [0, 0.1) is 15.9 Å². The number of rotatable bonds is 2. The minimum Gasteiger partial charge on any atom is -0.358 e. The lowest BCUT2D eigenvalue weighted by Gasteiger charge is -2.44. The molecule has 0 aliphatic carbocycles. The Balaban J connectivity index is 2.50. The molecule has 1 saturated heterocycles. The number of nitrogens with one attached hydrogen (secondary N) is 1. The number of piperazine rings is 1. The molecule has 1 fully saturated rings. The number of hydrogen-bond acceptors (Lipinski definition) is 4. The molecule has 0 atom stereocenters. The molecule has 0 aromatic heterocycles. The minimum absolute atomic E-state index is 0.281. The smallest absolute Gasteiger partial charge is 0.327 e. The molecule has 1 aliphatic rings. The van der Waals surface area contributed by atoms with Gasteiger partial charge in [-0.3, -0.25) is 10.1 Å². The van der Waals surface area contributed by atoms with Gasteiger partial charge in [-0.1, -0.05) is 6.07 Å². The van der Waals surface area contributed by atoms with E-state index in [1.54, 1.807) is 6.07 Å². The molecule has 6 heteroatoms. The third kappa shape index (κ3) is 2.15. The van der Waals surface area contributed by atoms with E-state index in [9.17, 15) is 14.5 Å². The molecule has 1 N–H and O–H groups in total. The van der Waals surface area contributed by atoms with E-state index in [1.807, 2.05) is 18.7 Å². The van der Waals surface area contributed by atoms with Crippen LogP contribution in [0.15, 0.2) is 18.2 Å². The van der Waals surface area contributed by atoms with Gasteiger partial charge < -0.3 is 10.2 Å². The first kappa shape index (κ1) is 12.8. The molecule has 0 bridgehead atoms. The molecule has 1 heterocycles. The zero-order valence-corrected chi connectivity index (χ0v) is 10.4. The number of hydrogen-bond donors (Lipinski definition) is 1. The normalized spacial score (nSPS) is 18.7. The van der Waals surface area contributed by atoms with Gasteiger partial charge in [0.2, 0.25) is 5.82 Å². The van der Waals surface area contributed by atoms with Crippen LogP contribution in [0.5, 0.6) is 0 Å². The van der Waals surface area contributed by atoms with Crippen molar-refractivity contribution in [1.82, 2.24) is 5.32 Å². The topological polar surface area (TPSA) is 58.4 Å². The van der Waals surface area contributed by atoms with Crippen LogP contribution in [0.4, 0.5) is 15.8 Å². The minimum atomic E-state index is -0.785. The number of nitro groups is 1. The zero-order valence-electron chi connectivity index (χ0n) is 10.4. The summed E-state index contributed by atoms with van der Waals surface area (Å²) in [6.07, 6.45) is 0. The molecule has 2 rings (SSSR count). The number of halogens is 1. The third-order valence-corrected chi connectivity index (χ3v) is 3.24. The van der Waals surface area contributed by atoms with Gasteiger partial charge in [0, 0.05) is 25.2 Å². The Labute approximate surface area is 105 Å². The summed E-state index contributed by atoms with van der Waals surface area (Å²) >= 11 is 0. The summed E-state index contributed by atoms with van der Waals surface area (Å²) in [6.45, 7) is 6.02. The maximum atomic E-state index is 13.6. The molecule has 0 unspecified atom stereocenters. The third-order valence-electron chi connectivity index (χ3n) is 3.24. The Morgan fingerprint density at radius 2 is 2.22 bits per heavy atom. The second-order valence-corrected chi connectivity index (χ2v) is 5.01. The first-order chi connectivity index (χ1) is 8.43. The summed E-state index contributed by atoms with van der Waals surface area (Å²) in [6, 6.07) is 4.24. The molecule has 0 saturated carbocycles. The van der Waals surface area contributed by atoms with Crippen molar-refractivity contribution in [3.8, 4) is 0 Å². The SMILES string of the molecule is CC1(C)CNCCN1c1cccc(F)c1[N+](=O)[O-]. The van der Waals surface area contributed by atoms with E-state index in [4.69, 9.17) is 0 Å². The van der Waals surface area contributed by atoms with Crippen LogP contribution in [0.3, 0.4) is 0 Å². The molecule has 1 aliphatic heterocycles. The molecule has 0 amide bonds. The number of anilines is 1. The second-order valence-electron chi connectivity index (χ2n) is 5.01. The summed E-state index contributed by atoms with van der Waals surface area (Å²) in [5.41, 5.74) is -0.365. The molecule has 18 heavy (non-hydrogen) atoms. The highest BCUT2D eigenvalue weighted by atomic mass is 19.1. The number of nitro benzene ring substituents is 1. The first-order valence-electron chi connectivity index (χ1n) is 5.85. The molecular weight excluding hydrogens is 237 g/mol. The zero-order chi connectivity index (χ0) is 13.3. The summed E-state index contributed by atoms with van der Waals surface area (Å²) in [5, 5.41) is 14.3. The lowest BCUT2D eigenvalue weighted by atomic mass is 9.98. The van der Waals surface area contributed by atoms with Gasteiger partial charge in [-0.2, -0.15) is 4.39 Å². The van der Waals surface area contributed by atoms with Crippen LogP contribution in [-0.4, -0.2) is 30.1 Å². The summed E-state index contributed by atoms with van der Waals surface area (Å²) < 4.78 is 13.6. The van der Waals surface area contributed by atoms with Crippen LogP contribution in [-0.2, 0) is 0 Å². The van der Waals surface area contributed by atoms with Gasteiger partial charge in [0.1, 0.15) is 5.69 Å². The van der Waals surface area contributed by atoms with Gasteiger partial charge in [0.25, 0.3) is 0 Å². The molecule has 0 spiro atoms. The van der Waals surface area contributed by atoms with E-state index < -0.39 is 16.4 Å². The Bertz CT molecular complexity index is 476. The summed E-state index contributed by atoms with van der Waals surface area (Å²) in [5.74, 6) is -0.785.